The fourth-order valence-corrected chi connectivity index (χ4v) is 4.39. The van der Waals surface area contributed by atoms with E-state index in [4.69, 9.17) is 0 Å². The first-order valence-corrected chi connectivity index (χ1v) is 11.4. The van der Waals surface area contributed by atoms with Gasteiger partial charge in [0.2, 0.25) is 0 Å². The van der Waals surface area contributed by atoms with E-state index in [-0.39, 0.29) is 18.0 Å². The molecule has 3 heterocycles. The number of aryl methyl sites for hydroxylation is 1. The fourth-order valence-electron chi connectivity index (χ4n) is 4.39. The number of hydrogen-bond donors (Lipinski definition) is 2. The van der Waals surface area contributed by atoms with Gasteiger partial charge in [0.25, 0.3) is 5.91 Å². The zero-order chi connectivity index (χ0) is 22.5. The Morgan fingerprint density at radius 2 is 1.78 bits per heavy atom. The van der Waals surface area contributed by atoms with Crippen molar-refractivity contribution < 1.29 is 9.59 Å². The van der Waals surface area contributed by atoms with E-state index in [2.05, 4.69) is 38.5 Å². The minimum absolute atomic E-state index is 0.0638. The van der Waals surface area contributed by atoms with Crippen LogP contribution in [0.15, 0.2) is 36.7 Å². The van der Waals surface area contributed by atoms with Crippen LogP contribution in [0.3, 0.4) is 0 Å². The van der Waals surface area contributed by atoms with Gasteiger partial charge in [-0.1, -0.05) is 19.1 Å². The van der Waals surface area contributed by atoms with Crippen LogP contribution in [0.1, 0.15) is 30.1 Å². The quantitative estimate of drug-likeness (QED) is 0.744. The molecule has 2 N–H and O–H groups in total. The number of piperazine rings is 1. The first kappa shape index (κ1) is 22.1. The number of likely N-dealkylation sites (N-methyl/N-ethyl adjacent to an activating group) is 1. The number of anilines is 2. The number of carbonyl (C=O) groups excluding carboxylic acids is 2. The number of likely N-dealkylation sites (tertiary alicyclic amines) is 1. The molecule has 1 aromatic carbocycles. The lowest BCUT2D eigenvalue weighted by Gasteiger charge is -2.37. The van der Waals surface area contributed by atoms with Gasteiger partial charge in [-0.2, -0.15) is 5.10 Å². The summed E-state index contributed by atoms with van der Waals surface area (Å²) in [7, 11) is 1.79. The topological polar surface area (TPSA) is 85.7 Å². The summed E-state index contributed by atoms with van der Waals surface area (Å²) in [5, 5.41) is 10.2. The first-order valence-electron chi connectivity index (χ1n) is 11.4. The number of benzene rings is 1. The molecule has 0 bridgehead atoms. The summed E-state index contributed by atoms with van der Waals surface area (Å²) < 4.78 is 1.61. The summed E-state index contributed by atoms with van der Waals surface area (Å²) in [4.78, 5) is 31.9. The summed E-state index contributed by atoms with van der Waals surface area (Å²) in [6.07, 6.45) is 4.75. The van der Waals surface area contributed by atoms with E-state index in [1.165, 1.54) is 0 Å². The second kappa shape index (κ2) is 10.0. The summed E-state index contributed by atoms with van der Waals surface area (Å²) in [5.41, 5.74) is 2.49. The van der Waals surface area contributed by atoms with Crippen LogP contribution in [0, 0.1) is 0 Å². The number of piperidine rings is 1. The number of amides is 3. The van der Waals surface area contributed by atoms with Gasteiger partial charge in [-0.3, -0.25) is 9.48 Å². The molecule has 2 aliphatic heterocycles. The normalized spacial score (nSPS) is 17.9. The molecule has 0 radical (unpaired) electrons. The monoisotopic (exact) mass is 439 g/mol. The van der Waals surface area contributed by atoms with Gasteiger partial charge in [-0.25, -0.2) is 4.79 Å². The molecular formula is C23H33N7O2. The predicted molar refractivity (Wildman–Crippen MR) is 125 cm³/mol. The number of carbonyl (C=O) groups is 2. The molecule has 1 aromatic heterocycles. The molecule has 4 rings (SSSR count). The number of nitrogens with zero attached hydrogens (tertiary/aromatic N) is 5. The van der Waals surface area contributed by atoms with Gasteiger partial charge in [-0.05, 0) is 31.5 Å². The van der Waals surface area contributed by atoms with Crippen LogP contribution in [0.5, 0.6) is 0 Å². The van der Waals surface area contributed by atoms with Crippen molar-refractivity contribution in [1.82, 2.24) is 24.9 Å². The first-order chi connectivity index (χ1) is 15.5. The lowest BCUT2D eigenvalue weighted by molar-refractivity contribution is 0.0919. The Labute approximate surface area is 189 Å². The van der Waals surface area contributed by atoms with E-state index >= 15 is 0 Å². The van der Waals surface area contributed by atoms with Crippen LogP contribution in [0.2, 0.25) is 0 Å². The molecule has 32 heavy (non-hydrogen) atoms. The lowest BCUT2D eigenvalue weighted by Crippen LogP contribution is -2.48. The minimum Gasteiger partial charge on any atom is -0.367 e. The van der Waals surface area contributed by atoms with Gasteiger partial charge in [0.05, 0.1) is 23.1 Å². The molecule has 0 saturated carbocycles. The van der Waals surface area contributed by atoms with Crippen molar-refractivity contribution in [3.05, 3.63) is 42.2 Å². The molecule has 2 fully saturated rings. The number of hydrogen-bond acceptors (Lipinski definition) is 5. The zero-order valence-electron chi connectivity index (χ0n) is 19.0. The van der Waals surface area contributed by atoms with Gasteiger partial charge in [0.15, 0.2) is 0 Å². The Morgan fingerprint density at radius 3 is 2.44 bits per heavy atom. The molecule has 0 spiro atoms. The van der Waals surface area contributed by atoms with Crippen LogP contribution in [-0.4, -0.2) is 83.4 Å². The molecule has 172 valence electrons. The summed E-state index contributed by atoms with van der Waals surface area (Å²) in [5.74, 6) is -0.113. The van der Waals surface area contributed by atoms with Gasteiger partial charge >= 0.3 is 6.03 Å². The molecule has 2 aromatic rings. The van der Waals surface area contributed by atoms with Crippen molar-refractivity contribution in [1.29, 1.82) is 0 Å². The fraction of sp³-hybridized carbons (Fsp3) is 0.522. The van der Waals surface area contributed by atoms with Crippen LogP contribution < -0.4 is 15.5 Å². The maximum Gasteiger partial charge on any atom is 0.321 e. The Balaban J connectivity index is 1.29. The van der Waals surface area contributed by atoms with Crippen molar-refractivity contribution in [2.24, 2.45) is 7.05 Å². The third-order valence-corrected chi connectivity index (χ3v) is 6.39. The molecule has 9 heteroatoms. The minimum atomic E-state index is -0.113. The number of nitrogens with one attached hydrogen (secondary N) is 2. The van der Waals surface area contributed by atoms with E-state index < -0.39 is 0 Å². The van der Waals surface area contributed by atoms with E-state index in [1.807, 2.05) is 23.1 Å². The number of para-hydroxylation sites is 2. The third-order valence-electron chi connectivity index (χ3n) is 6.39. The predicted octanol–water partition coefficient (Wildman–Crippen LogP) is 1.99. The van der Waals surface area contributed by atoms with Crippen LogP contribution >= 0.6 is 0 Å². The van der Waals surface area contributed by atoms with Gasteiger partial charge in [0.1, 0.15) is 0 Å². The third kappa shape index (κ3) is 5.21. The molecule has 2 aliphatic rings. The van der Waals surface area contributed by atoms with E-state index in [0.717, 1.165) is 56.9 Å². The molecule has 0 atom stereocenters. The highest BCUT2D eigenvalue weighted by Gasteiger charge is 2.26. The Hall–Kier alpha value is -3.07. The second-order valence-corrected chi connectivity index (χ2v) is 8.51. The smallest absolute Gasteiger partial charge is 0.321 e. The summed E-state index contributed by atoms with van der Waals surface area (Å²) in [6.45, 7) is 8.49. The molecular weight excluding hydrogens is 406 g/mol. The Kier molecular flexibility index (Phi) is 6.94. The summed E-state index contributed by atoms with van der Waals surface area (Å²) >= 11 is 0. The highest BCUT2D eigenvalue weighted by molar-refractivity contribution is 5.94. The van der Waals surface area contributed by atoms with Gasteiger partial charge in [-0.15, -0.1) is 0 Å². The van der Waals surface area contributed by atoms with Crippen molar-refractivity contribution in [3.8, 4) is 0 Å². The van der Waals surface area contributed by atoms with E-state index in [0.29, 0.717) is 18.7 Å². The average molecular weight is 440 g/mol. The average Bonchev–Trinajstić information content (AvgIpc) is 3.26. The molecule has 9 nitrogen and oxygen atoms in total. The molecule has 0 aliphatic carbocycles. The van der Waals surface area contributed by atoms with Crippen molar-refractivity contribution in [2.75, 3.05) is 56.0 Å². The van der Waals surface area contributed by atoms with Crippen LogP contribution in [0.25, 0.3) is 0 Å². The maximum atomic E-state index is 12.9. The van der Waals surface area contributed by atoms with Crippen molar-refractivity contribution in [3.63, 3.8) is 0 Å². The largest absolute Gasteiger partial charge is 0.367 e. The highest BCUT2D eigenvalue weighted by atomic mass is 16.2. The lowest BCUT2D eigenvalue weighted by atomic mass is 10.0. The van der Waals surface area contributed by atoms with Crippen molar-refractivity contribution >= 4 is 23.3 Å². The Bertz CT molecular complexity index is 928. The molecule has 3 amide bonds. The second-order valence-electron chi connectivity index (χ2n) is 8.51. The molecule has 2 saturated heterocycles. The number of rotatable bonds is 5. The van der Waals surface area contributed by atoms with E-state index in [9.17, 15) is 9.59 Å². The van der Waals surface area contributed by atoms with Crippen LogP contribution in [0.4, 0.5) is 16.2 Å². The zero-order valence-corrected chi connectivity index (χ0v) is 19.0. The maximum absolute atomic E-state index is 12.9. The standard InChI is InChI=1S/C23H33N7O2/c1-3-28-12-14-29(15-13-28)21-7-5-4-6-20(21)26-23(32)30-10-8-19(9-11-30)25-22(31)18-16-24-27(2)17-18/h4-7,16-17,19H,3,8-15H2,1-2H3,(H,25,31)(H,26,32). The Morgan fingerprint density at radius 1 is 1.06 bits per heavy atom. The highest BCUT2D eigenvalue weighted by Crippen LogP contribution is 2.27. The molecule has 0 unspecified atom stereocenters. The van der Waals surface area contributed by atoms with Crippen LogP contribution in [-0.2, 0) is 7.05 Å². The van der Waals surface area contributed by atoms with E-state index in [1.54, 1.807) is 24.1 Å². The number of urea groups is 1. The number of aromatic nitrogens is 2. The van der Waals surface area contributed by atoms with Gasteiger partial charge < -0.3 is 25.3 Å². The van der Waals surface area contributed by atoms with Crippen molar-refractivity contribution in [2.45, 2.75) is 25.8 Å². The summed E-state index contributed by atoms with van der Waals surface area (Å²) in [6, 6.07) is 8.02. The van der Waals surface area contributed by atoms with Gasteiger partial charge in [0, 0.05) is 58.6 Å². The SMILES string of the molecule is CCN1CCN(c2ccccc2NC(=O)N2CCC(NC(=O)c3cnn(C)c3)CC2)CC1.